The lowest BCUT2D eigenvalue weighted by atomic mass is 10.1. The van der Waals surface area contributed by atoms with E-state index in [2.05, 4.69) is 15.6 Å². The summed E-state index contributed by atoms with van der Waals surface area (Å²) >= 11 is 5.87. The molecule has 2 heterocycles. The van der Waals surface area contributed by atoms with E-state index < -0.39 is 0 Å². The molecule has 0 radical (unpaired) electrons. The normalized spacial score (nSPS) is 10.8. The van der Waals surface area contributed by atoms with Gasteiger partial charge in [0.15, 0.2) is 0 Å². The van der Waals surface area contributed by atoms with Gasteiger partial charge in [0.05, 0.1) is 23.5 Å². The Balaban J connectivity index is 1.77. The third-order valence-corrected chi connectivity index (χ3v) is 3.82. The lowest BCUT2D eigenvalue weighted by Crippen LogP contribution is -2.14. The van der Waals surface area contributed by atoms with Gasteiger partial charge in [-0.15, -0.1) is 0 Å². The Morgan fingerprint density at radius 3 is 2.96 bits per heavy atom. The lowest BCUT2D eigenvalue weighted by Gasteiger charge is -2.08. The van der Waals surface area contributed by atoms with Crippen LogP contribution in [0.15, 0.2) is 41.2 Å². The molecule has 0 aliphatic carbocycles. The zero-order valence-electron chi connectivity index (χ0n) is 13.4. The Morgan fingerprint density at radius 1 is 1.42 bits per heavy atom. The fourth-order valence-electron chi connectivity index (χ4n) is 2.50. The highest BCUT2D eigenvalue weighted by Gasteiger charge is 2.19. The Labute approximate surface area is 144 Å². The van der Waals surface area contributed by atoms with Gasteiger partial charge in [0, 0.05) is 11.9 Å². The van der Waals surface area contributed by atoms with Crippen LogP contribution in [0.3, 0.4) is 0 Å². The molecule has 3 rings (SSSR count). The molecule has 7 heteroatoms. The number of hydrogen-bond donors (Lipinski definition) is 1. The van der Waals surface area contributed by atoms with E-state index in [4.69, 9.17) is 16.1 Å². The maximum Gasteiger partial charge on any atom is 0.261 e. The van der Waals surface area contributed by atoms with Crippen molar-refractivity contribution in [3.05, 3.63) is 64.3 Å². The standard InChI is InChI=1S/C17H17ClN4O2/c1-3-15-16(11(2)24-21-15)17(23)20-14-6-4-5-12(7-14)9-22-10-13(18)8-19-22/h4-8,10H,3,9H2,1-2H3,(H,20,23). The first kappa shape index (κ1) is 16.3. The quantitative estimate of drug-likeness (QED) is 0.766. The minimum atomic E-state index is -0.218. The molecule has 0 aliphatic heterocycles. The van der Waals surface area contributed by atoms with E-state index in [1.165, 1.54) is 0 Å². The van der Waals surface area contributed by atoms with Gasteiger partial charge in [0.1, 0.15) is 11.3 Å². The van der Waals surface area contributed by atoms with Gasteiger partial charge in [-0.1, -0.05) is 35.8 Å². The molecule has 1 amide bonds. The number of aromatic nitrogens is 3. The summed E-state index contributed by atoms with van der Waals surface area (Å²) in [4.78, 5) is 12.5. The molecule has 0 fully saturated rings. The number of halogens is 1. The molecule has 0 atom stereocenters. The second-order valence-corrected chi connectivity index (χ2v) is 5.86. The highest BCUT2D eigenvalue weighted by Crippen LogP contribution is 2.18. The molecule has 0 saturated heterocycles. The van der Waals surface area contributed by atoms with Crippen LogP contribution >= 0.6 is 11.6 Å². The summed E-state index contributed by atoms with van der Waals surface area (Å²) < 4.78 is 6.85. The number of aryl methyl sites for hydroxylation is 2. The summed E-state index contributed by atoms with van der Waals surface area (Å²) in [7, 11) is 0. The number of amides is 1. The van der Waals surface area contributed by atoms with Crippen molar-refractivity contribution >= 4 is 23.2 Å². The maximum atomic E-state index is 12.5. The molecule has 0 unspecified atom stereocenters. The average molecular weight is 345 g/mol. The third-order valence-electron chi connectivity index (χ3n) is 3.63. The first-order valence-corrected chi connectivity index (χ1v) is 7.98. The second-order valence-electron chi connectivity index (χ2n) is 5.42. The fraction of sp³-hybridized carbons (Fsp3) is 0.235. The largest absolute Gasteiger partial charge is 0.361 e. The van der Waals surface area contributed by atoms with E-state index in [9.17, 15) is 4.79 Å². The summed E-state index contributed by atoms with van der Waals surface area (Å²) in [5.74, 6) is 0.302. The van der Waals surface area contributed by atoms with E-state index in [1.807, 2.05) is 31.2 Å². The van der Waals surface area contributed by atoms with Crippen molar-refractivity contribution in [1.29, 1.82) is 0 Å². The highest BCUT2D eigenvalue weighted by molar-refractivity contribution is 6.30. The Hall–Kier alpha value is -2.60. The predicted molar refractivity (Wildman–Crippen MR) is 91.4 cm³/mol. The van der Waals surface area contributed by atoms with E-state index in [0.29, 0.717) is 40.7 Å². The molecule has 6 nitrogen and oxygen atoms in total. The van der Waals surface area contributed by atoms with Crippen LogP contribution in [0.4, 0.5) is 5.69 Å². The number of carbonyl (C=O) groups excluding carboxylic acids is 1. The van der Waals surface area contributed by atoms with Gasteiger partial charge in [0.2, 0.25) is 0 Å². The van der Waals surface area contributed by atoms with Crippen LogP contribution in [0.25, 0.3) is 0 Å². The van der Waals surface area contributed by atoms with Gasteiger partial charge >= 0.3 is 0 Å². The molecule has 124 valence electrons. The van der Waals surface area contributed by atoms with Crippen molar-refractivity contribution in [2.24, 2.45) is 0 Å². The highest BCUT2D eigenvalue weighted by atomic mass is 35.5. The first-order valence-electron chi connectivity index (χ1n) is 7.60. The first-order chi connectivity index (χ1) is 11.6. The third kappa shape index (κ3) is 3.49. The Bertz CT molecular complexity index is 869. The zero-order chi connectivity index (χ0) is 17.1. The van der Waals surface area contributed by atoms with Gasteiger partial charge in [-0.3, -0.25) is 9.48 Å². The second kappa shape index (κ2) is 6.88. The molecular formula is C17H17ClN4O2. The number of carbonyl (C=O) groups is 1. The van der Waals surface area contributed by atoms with E-state index in [1.54, 1.807) is 24.0 Å². The van der Waals surface area contributed by atoms with Gasteiger partial charge in [-0.25, -0.2) is 0 Å². The molecule has 1 aromatic carbocycles. The van der Waals surface area contributed by atoms with Gasteiger partial charge < -0.3 is 9.84 Å². The minimum Gasteiger partial charge on any atom is -0.361 e. The number of nitrogens with one attached hydrogen (secondary N) is 1. The number of hydrogen-bond acceptors (Lipinski definition) is 4. The topological polar surface area (TPSA) is 73.0 Å². The van der Waals surface area contributed by atoms with Gasteiger partial charge in [-0.05, 0) is 31.0 Å². The summed E-state index contributed by atoms with van der Waals surface area (Å²) in [6.45, 7) is 4.24. The van der Waals surface area contributed by atoms with E-state index in [-0.39, 0.29) is 5.91 Å². The van der Waals surface area contributed by atoms with Crippen LogP contribution in [0.1, 0.15) is 34.3 Å². The van der Waals surface area contributed by atoms with Crippen LogP contribution in [-0.2, 0) is 13.0 Å². The molecule has 0 aliphatic rings. The van der Waals surface area contributed by atoms with Crippen LogP contribution < -0.4 is 5.32 Å². The molecule has 0 saturated carbocycles. The number of anilines is 1. The summed E-state index contributed by atoms with van der Waals surface area (Å²) in [5, 5.41) is 11.6. The monoisotopic (exact) mass is 344 g/mol. The van der Waals surface area contributed by atoms with Gasteiger partial charge in [-0.2, -0.15) is 5.10 Å². The van der Waals surface area contributed by atoms with E-state index in [0.717, 1.165) is 5.56 Å². The Morgan fingerprint density at radius 2 is 2.25 bits per heavy atom. The maximum absolute atomic E-state index is 12.5. The molecule has 0 spiro atoms. The summed E-state index contributed by atoms with van der Waals surface area (Å²) in [5.41, 5.74) is 2.87. The predicted octanol–water partition coefficient (Wildman–Crippen LogP) is 3.70. The van der Waals surface area contributed by atoms with Crippen molar-refractivity contribution in [1.82, 2.24) is 14.9 Å². The number of nitrogens with zero attached hydrogens (tertiary/aromatic N) is 3. The summed E-state index contributed by atoms with van der Waals surface area (Å²) in [6, 6.07) is 7.60. The van der Waals surface area contributed by atoms with Crippen LogP contribution in [-0.4, -0.2) is 20.8 Å². The summed E-state index contributed by atoms with van der Waals surface area (Å²) in [6.07, 6.45) is 3.98. The number of rotatable bonds is 5. The molecule has 24 heavy (non-hydrogen) atoms. The van der Waals surface area contributed by atoms with Crippen molar-refractivity contribution < 1.29 is 9.32 Å². The lowest BCUT2D eigenvalue weighted by molar-refractivity contribution is 0.102. The van der Waals surface area contributed by atoms with E-state index >= 15 is 0 Å². The average Bonchev–Trinajstić information content (AvgIpc) is 3.13. The molecule has 0 bridgehead atoms. The molecule has 3 aromatic rings. The SMILES string of the molecule is CCc1noc(C)c1C(=O)Nc1cccc(Cn2cc(Cl)cn2)c1. The van der Waals surface area contributed by atoms with Crippen molar-refractivity contribution in [3.8, 4) is 0 Å². The molecular weight excluding hydrogens is 328 g/mol. The van der Waals surface area contributed by atoms with Crippen molar-refractivity contribution in [2.75, 3.05) is 5.32 Å². The fourth-order valence-corrected chi connectivity index (χ4v) is 2.66. The minimum absolute atomic E-state index is 0.218. The molecule has 1 N–H and O–H groups in total. The molecule has 2 aromatic heterocycles. The zero-order valence-corrected chi connectivity index (χ0v) is 14.2. The van der Waals surface area contributed by atoms with Gasteiger partial charge in [0.25, 0.3) is 5.91 Å². The number of benzene rings is 1. The van der Waals surface area contributed by atoms with Crippen molar-refractivity contribution in [2.45, 2.75) is 26.8 Å². The smallest absolute Gasteiger partial charge is 0.261 e. The van der Waals surface area contributed by atoms with Crippen molar-refractivity contribution in [3.63, 3.8) is 0 Å². The van der Waals surface area contributed by atoms with Crippen LogP contribution in [0, 0.1) is 6.92 Å². The van der Waals surface area contributed by atoms with Crippen LogP contribution in [0.2, 0.25) is 5.02 Å². The van der Waals surface area contributed by atoms with Crippen LogP contribution in [0.5, 0.6) is 0 Å². The Kier molecular flexibility index (Phi) is 4.66.